The summed E-state index contributed by atoms with van der Waals surface area (Å²) in [5.41, 5.74) is 2.04. The molecule has 2 N–H and O–H groups in total. The third-order valence-corrected chi connectivity index (χ3v) is 5.98. The van der Waals surface area contributed by atoms with Crippen molar-refractivity contribution in [3.63, 3.8) is 0 Å². The minimum atomic E-state index is -0.565. The first kappa shape index (κ1) is 21.3. The van der Waals surface area contributed by atoms with Gasteiger partial charge in [-0.05, 0) is 35.6 Å². The number of carbonyl (C=O) groups excluding carboxylic acids is 1. The molecule has 0 heterocycles. The third-order valence-electron chi connectivity index (χ3n) is 4.35. The van der Waals surface area contributed by atoms with Crippen molar-refractivity contribution < 1.29 is 14.6 Å². The first-order chi connectivity index (χ1) is 13.0. The zero-order valence-electron chi connectivity index (χ0n) is 16.2. The number of aliphatic hydroxyl groups is 1. The number of ether oxygens (including phenoxy) is 1. The van der Waals surface area contributed by atoms with Crippen LogP contribution in [0.1, 0.15) is 31.1 Å². The lowest BCUT2D eigenvalue weighted by molar-refractivity contribution is -0.121. The van der Waals surface area contributed by atoms with Crippen molar-refractivity contribution in [2.75, 3.05) is 19.4 Å². The molecule has 2 unspecified atom stereocenters. The van der Waals surface area contributed by atoms with Gasteiger partial charge in [0.1, 0.15) is 5.75 Å². The summed E-state index contributed by atoms with van der Waals surface area (Å²) < 4.78 is 5.15. The Kier molecular flexibility index (Phi) is 8.69. The molecular weight excluding hydrogens is 358 g/mol. The molecule has 2 atom stereocenters. The molecule has 2 rings (SSSR count). The van der Waals surface area contributed by atoms with Gasteiger partial charge in [0.25, 0.3) is 0 Å². The van der Waals surface area contributed by atoms with E-state index in [1.807, 2.05) is 68.4 Å². The van der Waals surface area contributed by atoms with Gasteiger partial charge in [0.15, 0.2) is 0 Å². The van der Waals surface area contributed by atoms with Crippen LogP contribution in [0.4, 0.5) is 0 Å². The van der Waals surface area contributed by atoms with E-state index in [4.69, 9.17) is 4.74 Å². The number of amides is 1. The number of methoxy groups -OCH3 is 1. The number of rotatable bonds is 10. The Morgan fingerprint density at radius 2 is 1.78 bits per heavy atom. The molecule has 0 aliphatic heterocycles. The number of nitrogens with one attached hydrogen (secondary N) is 1. The first-order valence-electron chi connectivity index (χ1n) is 9.26. The summed E-state index contributed by atoms with van der Waals surface area (Å²) >= 11 is 1.51. The number of thioether (sulfide) groups is 1. The molecule has 0 radical (unpaired) electrons. The predicted molar refractivity (Wildman–Crippen MR) is 112 cm³/mol. The smallest absolute Gasteiger partial charge is 0.233 e. The fourth-order valence-corrected chi connectivity index (χ4v) is 3.96. The number of hydrogen-bond donors (Lipinski definition) is 2. The maximum absolute atomic E-state index is 12.6. The normalized spacial score (nSPS) is 13.2. The Labute approximate surface area is 166 Å². The molecule has 2 aromatic carbocycles. The molecule has 0 aliphatic carbocycles. The molecular formula is C22H29NO3S. The zero-order valence-corrected chi connectivity index (χ0v) is 17.0. The predicted octanol–water partition coefficient (Wildman–Crippen LogP) is 3.85. The molecule has 2 aromatic rings. The first-order valence-corrected chi connectivity index (χ1v) is 10.3. The Hall–Kier alpha value is -1.98. The lowest BCUT2D eigenvalue weighted by Crippen LogP contribution is -2.37. The van der Waals surface area contributed by atoms with Crippen LogP contribution in [-0.4, -0.2) is 35.7 Å². The Bertz CT molecular complexity index is 688. The van der Waals surface area contributed by atoms with Gasteiger partial charge in [-0.1, -0.05) is 56.3 Å². The summed E-state index contributed by atoms with van der Waals surface area (Å²) in [4.78, 5) is 12.6. The van der Waals surface area contributed by atoms with E-state index in [9.17, 15) is 9.90 Å². The minimum Gasteiger partial charge on any atom is -0.497 e. The van der Waals surface area contributed by atoms with Crippen LogP contribution in [0.25, 0.3) is 0 Å². The van der Waals surface area contributed by atoms with Gasteiger partial charge in [-0.3, -0.25) is 4.79 Å². The van der Waals surface area contributed by atoms with E-state index in [2.05, 4.69) is 5.32 Å². The summed E-state index contributed by atoms with van der Waals surface area (Å²) in [6, 6.07) is 17.4. The Balaban J connectivity index is 1.81. The molecule has 0 bridgehead atoms. The minimum absolute atomic E-state index is 0.0313. The molecule has 0 aliphatic rings. The van der Waals surface area contributed by atoms with E-state index in [-0.39, 0.29) is 17.1 Å². The summed E-state index contributed by atoms with van der Waals surface area (Å²) in [5, 5.41) is 13.2. The topological polar surface area (TPSA) is 58.6 Å². The SMILES string of the molecule is COc1ccc(CCNC(=O)C(SCC(O)c2ccccc2)C(C)C)cc1. The van der Waals surface area contributed by atoms with E-state index < -0.39 is 6.10 Å². The van der Waals surface area contributed by atoms with Crippen LogP contribution in [0.2, 0.25) is 0 Å². The van der Waals surface area contributed by atoms with Crippen molar-refractivity contribution in [1.29, 1.82) is 0 Å². The second-order valence-corrected chi connectivity index (χ2v) is 7.99. The summed E-state index contributed by atoms with van der Waals surface area (Å²) in [6.07, 6.45) is 0.210. The van der Waals surface area contributed by atoms with Crippen molar-refractivity contribution >= 4 is 17.7 Å². The van der Waals surface area contributed by atoms with Crippen LogP contribution in [0.5, 0.6) is 5.75 Å². The van der Waals surface area contributed by atoms with Crippen molar-refractivity contribution in [1.82, 2.24) is 5.32 Å². The quantitative estimate of drug-likeness (QED) is 0.650. The van der Waals surface area contributed by atoms with Crippen LogP contribution in [0.3, 0.4) is 0 Å². The van der Waals surface area contributed by atoms with Crippen LogP contribution in [0.15, 0.2) is 54.6 Å². The van der Waals surface area contributed by atoms with Gasteiger partial charge in [-0.15, -0.1) is 11.8 Å². The lowest BCUT2D eigenvalue weighted by atomic mass is 10.1. The highest BCUT2D eigenvalue weighted by atomic mass is 32.2. The average molecular weight is 388 g/mol. The second kappa shape index (κ2) is 11.0. The molecule has 0 saturated heterocycles. The van der Waals surface area contributed by atoms with Crippen molar-refractivity contribution in [3.8, 4) is 5.75 Å². The van der Waals surface area contributed by atoms with E-state index in [0.717, 1.165) is 23.3 Å². The highest BCUT2D eigenvalue weighted by Crippen LogP contribution is 2.25. The summed E-state index contributed by atoms with van der Waals surface area (Å²) in [5.74, 6) is 1.55. The van der Waals surface area contributed by atoms with E-state index >= 15 is 0 Å². The fraction of sp³-hybridized carbons (Fsp3) is 0.409. The van der Waals surface area contributed by atoms with Gasteiger partial charge in [0.05, 0.1) is 18.5 Å². The Morgan fingerprint density at radius 1 is 1.11 bits per heavy atom. The second-order valence-electron chi connectivity index (χ2n) is 6.81. The number of aliphatic hydroxyl groups excluding tert-OH is 1. The van der Waals surface area contributed by atoms with Crippen LogP contribution >= 0.6 is 11.8 Å². The highest BCUT2D eigenvalue weighted by molar-refractivity contribution is 8.00. The molecule has 5 heteroatoms. The number of benzene rings is 2. The standard InChI is InChI=1S/C22H29NO3S/c1-16(2)21(27-15-20(24)18-7-5-4-6-8-18)22(25)23-14-13-17-9-11-19(26-3)12-10-17/h4-12,16,20-21,24H,13-15H2,1-3H3,(H,23,25). The van der Waals surface area contributed by atoms with Crippen LogP contribution < -0.4 is 10.1 Å². The third kappa shape index (κ3) is 6.92. The average Bonchev–Trinajstić information content (AvgIpc) is 2.69. The molecule has 0 spiro atoms. The van der Waals surface area contributed by atoms with Crippen molar-refractivity contribution in [2.24, 2.45) is 5.92 Å². The molecule has 27 heavy (non-hydrogen) atoms. The van der Waals surface area contributed by atoms with Crippen LogP contribution in [0, 0.1) is 5.92 Å². The van der Waals surface area contributed by atoms with Gasteiger partial charge in [0, 0.05) is 12.3 Å². The zero-order chi connectivity index (χ0) is 19.6. The largest absolute Gasteiger partial charge is 0.497 e. The highest BCUT2D eigenvalue weighted by Gasteiger charge is 2.23. The molecule has 146 valence electrons. The molecule has 0 fully saturated rings. The van der Waals surface area contributed by atoms with Crippen molar-refractivity contribution in [3.05, 3.63) is 65.7 Å². The molecule has 0 saturated carbocycles. The van der Waals surface area contributed by atoms with Crippen molar-refractivity contribution in [2.45, 2.75) is 31.6 Å². The van der Waals surface area contributed by atoms with Gasteiger partial charge < -0.3 is 15.2 Å². The van der Waals surface area contributed by atoms with E-state index in [1.165, 1.54) is 11.8 Å². The number of hydrogen-bond acceptors (Lipinski definition) is 4. The molecule has 4 nitrogen and oxygen atoms in total. The number of carbonyl (C=O) groups is 1. The van der Waals surface area contributed by atoms with E-state index in [0.29, 0.717) is 12.3 Å². The Morgan fingerprint density at radius 3 is 2.37 bits per heavy atom. The molecule has 1 amide bonds. The van der Waals surface area contributed by atoms with Crippen LogP contribution in [-0.2, 0) is 11.2 Å². The van der Waals surface area contributed by atoms with Gasteiger partial charge in [-0.25, -0.2) is 0 Å². The maximum atomic E-state index is 12.6. The lowest BCUT2D eigenvalue weighted by Gasteiger charge is -2.21. The van der Waals surface area contributed by atoms with E-state index in [1.54, 1.807) is 7.11 Å². The molecule has 0 aromatic heterocycles. The van der Waals surface area contributed by atoms with Gasteiger partial charge in [0.2, 0.25) is 5.91 Å². The van der Waals surface area contributed by atoms with Gasteiger partial charge in [-0.2, -0.15) is 0 Å². The fourth-order valence-electron chi connectivity index (χ4n) is 2.76. The monoisotopic (exact) mass is 387 g/mol. The van der Waals surface area contributed by atoms with Gasteiger partial charge >= 0.3 is 0 Å². The summed E-state index contributed by atoms with van der Waals surface area (Å²) in [6.45, 7) is 4.67. The maximum Gasteiger partial charge on any atom is 0.233 e. The summed E-state index contributed by atoms with van der Waals surface area (Å²) in [7, 11) is 1.65.